The van der Waals surface area contributed by atoms with Gasteiger partial charge in [0.2, 0.25) is 0 Å². The second-order valence-electron chi connectivity index (χ2n) is 11.2. The maximum Gasteiger partial charge on any atom is 0.380 e. The summed E-state index contributed by atoms with van der Waals surface area (Å²) in [7, 11) is 0. The van der Waals surface area contributed by atoms with Gasteiger partial charge in [-0.2, -0.15) is 26.3 Å². The Bertz CT molecular complexity index is 2060. The molecular formula is C37H18Cl4F6S2. The van der Waals surface area contributed by atoms with E-state index >= 15 is 26.3 Å². The number of benzene rings is 4. The molecule has 0 N–H and O–H groups in total. The van der Waals surface area contributed by atoms with E-state index in [-0.39, 0.29) is 9.75 Å². The Morgan fingerprint density at radius 2 is 0.653 bits per heavy atom. The molecule has 12 heteroatoms. The van der Waals surface area contributed by atoms with Crippen LogP contribution in [0.15, 0.2) is 109 Å². The lowest BCUT2D eigenvalue weighted by molar-refractivity contribution is -0.254. The molecule has 0 spiro atoms. The van der Waals surface area contributed by atoms with Crippen molar-refractivity contribution in [1.29, 1.82) is 0 Å². The van der Waals surface area contributed by atoms with Gasteiger partial charge in [-0.15, -0.1) is 22.7 Å². The molecule has 2 heterocycles. The molecule has 49 heavy (non-hydrogen) atoms. The monoisotopic (exact) mass is 780 g/mol. The molecule has 7 rings (SSSR count). The van der Waals surface area contributed by atoms with Gasteiger partial charge in [0, 0.05) is 61.9 Å². The number of alkyl halides is 6. The maximum absolute atomic E-state index is 16.3. The number of allylic oxidation sites excluding steroid dienone is 2. The highest BCUT2D eigenvalue weighted by Crippen LogP contribution is 2.67. The molecule has 0 bridgehead atoms. The molecule has 2 aromatic heterocycles. The summed E-state index contributed by atoms with van der Waals surface area (Å²) in [6.45, 7) is 0. The fourth-order valence-corrected chi connectivity index (χ4v) is 8.59. The highest BCUT2D eigenvalue weighted by atomic mass is 35.5. The van der Waals surface area contributed by atoms with E-state index in [1.54, 1.807) is 48.5 Å². The Kier molecular flexibility index (Phi) is 8.74. The van der Waals surface area contributed by atoms with E-state index in [2.05, 4.69) is 0 Å². The van der Waals surface area contributed by atoms with Crippen LogP contribution in [-0.2, 0) is 0 Å². The molecular weight excluding hydrogens is 764 g/mol. The third-order valence-corrected chi connectivity index (χ3v) is 11.6. The lowest BCUT2D eigenvalue weighted by atomic mass is 9.92. The first-order chi connectivity index (χ1) is 23.2. The fourth-order valence-electron chi connectivity index (χ4n) is 5.73. The Morgan fingerprint density at radius 1 is 0.388 bits per heavy atom. The van der Waals surface area contributed by atoms with Crippen LogP contribution in [0.25, 0.3) is 52.9 Å². The van der Waals surface area contributed by atoms with Crippen molar-refractivity contribution in [3.8, 4) is 41.8 Å². The van der Waals surface area contributed by atoms with E-state index in [9.17, 15) is 0 Å². The highest BCUT2D eigenvalue weighted by molar-refractivity contribution is 7.19. The second kappa shape index (κ2) is 12.5. The number of hydrogen-bond donors (Lipinski definition) is 0. The first-order valence-electron chi connectivity index (χ1n) is 14.4. The average Bonchev–Trinajstić information content (AvgIpc) is 3.72. The van der Waals surface area contributed by atoms with Crippen molar-refractivity contribution in [2.45, 2.75) is 17.8 Å². The van der Waals surface area contributed by atoms with Gasteiger partial charge in [0.05, 0.1) is 0 Å². The summed E-state index contributed by atoms with van der Waals surface area (Å²) in [6.07, 6.45) is 0. The first-order valence-corrected chi connectivity index (χ1v) is 17.5. The summed E-state index contributed by atoms with van der Waals surface area (Å²) < 4.78 is 96.7. The van der Waals surface area contributed by atoms with Gasteiger partial charge in [0.25, 0.3) is 0 Å². The molecule has 6 aromatic rings. The van der Waals surface area contributed by atoms with Gasteiger partial charge in [-0.25, -0.2) is 0 Å². The predicted molar refractivity (Wildman–Crippen MR) is 192 cm³/mol. The maximum atomic E-state index is 16.3. The molecule has 0 atom stereocenters. The summed E-state index contributed by atoms with van der Waals surface area (Å²) in [4.78, 5) is 0.928. The van der Waals surface area contributed by atoms with Crippen LogP contribution in [0.1, 0.15) is 11.1 Å². The molecule has 0 amide bonds. The van der Waals surface area contributed by atoms with E-state index in [1.165, 1.54) is 60.7 Å². The summed E-state index contributed by atoms with van der Waals surface area (Å²) in [5.41, 5.74) is -2.10. The van der Waals surface area contributed by atoms with Crippen molar-refractivity contribution in [2.75, 3.05) is 0 Å². The third-order valence-electron chi connectivity index (χ3n) is 8.14. The molecule has 0 saturated heterocycles. The Balaban J connectivity index is 1.58. The molecule has 0 nitrogen and oxygen atoms in total. The Labute approximate surface area is 304 Å². The number of hydrogen-bond acceptors (Lipinski definition) is 2. The second-order valence-corrected chi connectivity index (χ2v) is 15.1. The molecule has 0 saturated carbocycles. The van der Waals surface area contributed by atoms with E-state index in [4.69, 9.17) is 46.4 Å². The lowest BCUT2D eigenvalue weighted by Crippen LogP contribution is -2.48. The summed E-state index contributed by atoms with van der Waals surface area (Å²) in [6, 6.07) is 27.5. The fraction of sp³-hybridized carbons (Fsp3) is 0.0811. The topological polar surface area (TPSA) is 0 Å². The van der Waals surface area contributed by atoms with Crippen LogP contribution in [-0.4, -0.2) is 17.8 Å². The van der Waals surface area contributed by atoms with Gasteiger partial charge >= 0.3 is 17.8 Å². The van der Waals surface area contributed by atoms with Gasteiger partial charge in [-0.05, 0) is 82.9 Å². The molecule has 0 fully saturated rings. The number of halogens is 10. The smallest absolute Gasteiger partial charge is 0.194 e. The van der Waals surface area contributed by atoms with E-state index in [0.29, 0.717) is 52.1 Å². The van der Waals surface area contributed by atoms with Crippen LogP contribution >= 0.6 is 69.1 Å². The highest BCUT2D eigenvalue weighted by Gasteiger charge is 2.80. The summed E-state index contributed by atoms with van der Waals surface area (Å²) in [5.74, 6) is -16.3. The summed E-state index contributed by atoms with van der Waals surface area (Å²) in [5, 5.41) is 1.50. The van der Waals surface area contributed by atoms with Gasteiger partial charge < -0.3 is 0 Å². The Hall–Kier alpha value is -3.24. The molecule has 1 aliphatic rings. The standard InChI is InChI=1S/C37H18Cl4F6S2/c38-23-9-1-19(2-10-23)29-17-27(33(48-29)21-5-13-25(40)14-6-21)31-32(36(44,45)37(46,47)35(31,42)43)28-18-30(20-3-11-24(39)12-4-20)49-34(28)22-7-15-26(41)16-8-22/h1-18H. The van der Waals surface area contributed by atoms with Crippen molar-refractivity contribution in [2.24, 2.45) is 0 Å². The van der Waals surface area contributed by atoms with E-state index in [0.717, 1.165) is 22.7 Å². The lowest BCUT2D eigenvalue weighted by Gasteiger charge is -2.26. The zero-order chi connectivity index (χ0) is 34.9. The minimum absolute atomic E-state index is 0.0866. The van der Waals surface area contributed by atoms with Crippen molar-refractivity contribution in [3.05, 3.63) is 140 Å². The third kappa shape index (κ3) is 5.80. The van der Waals surface area contributed by atoms with Crippen LogP contribution in [0.2, 0.25) is 20.1 Å². The molecule has 0 aliphatic heterocycles. The normalized spacial score (nSPS) is 16.4. The quantitative estimate of drug-likeness (QED) is 0.148. The molecule has 248 valence electrons. The van der Waals surface area contributed by atoms with Crippen LogP contribution in [0.5, 0.6) is 0 Å². The van der Waals surface area contributed by atoms with Gasteiger partial charge in [-0.3, -0.25) is 0 Å². The van der Waals surface area contributed by atoms with Crippen molar-refractivity contribution in [3.63, 3.8) is 0 Å². The molecule has 0 unspecified atom stereocenters. The Morgan fingerprint density at radius 3 is 0.939 bits per heavy atom. The van der Waals surface area contributed by atoms with Crippen molar-refractivity contribution < 1.29 is 26.3 Å². The molecule has 0 radical (unpaired) electrons. The van der Waals surface area contributed by atoms with Crippen LogP contribution < -0.4 is 0 Å². The zero-order valence-electron chi connectivity index (χ0n) is 24.5. The van der Waals surface area contributed by atoms with Crippen LogP contribution in [0.3, 0.4) is 0 Å². The zero-order valence-corrected chi connectivity index (χ0v) is 29.1. The largest absolute Gasteiger partial charge is 0.380 e. The van der Waals surface area contributed by atoms with Gasteiger partial charge in [0.15, 0.2) is 0 Å². The SMILES string of the molecule is FC1(F)C(c2cc(-c3ccc(Cl)cc3)sc2-c2ccc(Cl)cc2)=C(c2cc(-c3ccc(Cl)cc3)sc2-c2ccc(Cl)cc2)C(F)(F)C1(F)F. The number of thiophene rings is 2. The van der Waals surface area contributed by atoms with Crippen LogP contribution in [0, 0.1) is 0 Å². The van der Waals surface area contributed by atoms with Crippen molar-refractivity contribution >= 4 is 80.2 Å². The summed E-state index contributed by atoms with van der Waals surface area (Å²) >= 11 is 26.3. The van der Waals surface area contributed by atoms with Crippen LogP contribution in [0.4, 0.5) is 26.3 Å². The minimum atomic E-state index is -5.77. The van der Waals surface area contributed by atoms with Gasteiger partial charge in [0.1, 0.15) is 0 Å². The first kappa shape index (κ1) is 34.2. The minimum Gasteiger partial charge on any atom is -0.194 e. The molecule has 4 aromatic carbocycles. The number of rotatable bonds is 6. The predicted octanol–water partition coefficient (Wildman–Crippen LogP) is 14.9. The van der Waals surface area contributed by atoms with E-state index in [1.807, 2.05) is 0 Å². The van der Waals surface area contributed by atoms with E-state index < -0.39 is 40.0 Å². The average molecular weight is 782 g/mol. The van der Waals surface area contributed by atoms with Gasteiger partial charge in [-0.1, -0.05) is 94.9 Å². The van der Waals surface area contributed by atoms with Crippen molar-refractivity contribution in [1.82, 2.24) is 0 Å². The molecule has 1 aliphatic carbocycles.